The van der Waals surface area contributed by atoms with E-state index in [2.05, 4.69) is 0 Å². The standard InChI is InChI=1S/C11H19F3N2O/c1-10(15,11(12,13)14)9(17)16(2)7-8-5-3-4-6-8/h8H,3-7,15H2,1-2H3. The van der Waals surface area contributed by atoms with Crippen LogP contribution in [0.15, 0.2) is 0 Å². The number of halogens is 3. The van der Waals surface area contributed by atoms with Gasteiger partial charge in [-0.05, 0) is 25.7 Å². The molecular weight excluding hydrogens is 233 g/mol. The lowest BCUT2D eigenvalue weighted by Gasteiger charge is -2.32. The van der Waals surface area contributed by atoms with Crippen LogP contribution >= 0.6 is 0 Å². The third kappa shape index (κ3) is 3.12. The first-order valence-electron chi connectivity index (χ1n) is 5.77. The van der Waals surface area contributed by atoms with Gasteiger partial charge in [0.05, 0.1) is 0 Å². The molecule has 1 fully saturated rings. The fraction of sp³-hybridized carbons (Fsp3) is 0.909. The van der Waals surface area contributed by atoms with Crippen LogP contribution in [0.1, 0.15) is 32.6 Å². The van der Waals surface area contributed by atoms with E-state index in [4.69, 9.17) is 5.73 Å². The lowest BCUT2D eigenvalue weighted by atomic mass is 10.00. The Labute approximate surface area is 99.1 Å². The highest BCUT2D eigenvalue weighted by atomic mass is 19.4. The van der Waals surface area contributed by atoms with Crippen LogP contribution in [-0.2, 0) is 4.79 Å². The molecule has 100 valence electrons. The summed E-state index contributed by atoms with van der Waals surface area (Å²) < 4.78 is 37.8. The molecule has 1 unspecified atom stereocenters. The van der Waals surface area contributed by atoms with Gasteiger partial charge in [0.15, 0.2) is 5.54 Å². The molecule has 1 rings (SSSR count). The summed E-state index contributed by atoms with van der Waals surface area (Å²) in [5.74, 6) is -0.745. The number of nitrogens with zero attached hydrogens (tertiary/aromatic N) is 1. The maximum absolute atomic E-state index is 12.6. The summed E-state index contributed by atoms with van der Waals surface area (Å²) in [5.41, 5.74) is 2.30. The van der Waals surface area contributed by atoms with E-state index in [1.54, 1.807) is 0 Å². The van der Waals surface area contributed by atoms with Crippen LogP contribution in [0, 0.1) is 5.92 Å². The van der Waals surface area contributed by atoms with Crippen LogP contribution < -0.4 is 5.73 Å². The van der Waals surface area contributed by atoms with Crippen molar-refractivity contribution in [1.29, 1.82) is 0 Å². The van der Waals surface area contributed by atoms with Gasteiger partial charge in [-0.3, -0.25) is 4.79 Å². The first-order valence-corrected chi connectivity index (χ1v) is 5.77. The summed E-state index contributed by atoms with van der Waals surface area (Å²) in [6.07, 6.45) is -0.582. The fourth-order valence-electron chi connectivity index (χ4n) is 2.18. The summed E-state index contributed by atoms with van der Waals surface area (Å²) >= 11 is 0. The molecule has 1 aliphatic carbocycles. The fourth-order valence-corrected chi connectivity index (χ4v) is 2.18. The maximum atomic E-state index is 12.6. The van der Waals surface area contributed by atoms with Gasteiger partial charge in [-0.1, -0.05) is 12.8 Å². The number of hydrogen-bond donors (Lipinski definition) is 1. The van der Waals surface area contributed by atoms with Crippen molar-refractivity contribution in [2.75, 3.05) is 13.6 Å². The molecule has 1 saturated carbocycles. The van der Waals surface area contributed by atoms with Gasteiger partial charge in [0.2, 0.25) is 0 Å². The Balaban J connectivity index is 2.62. The molecule has 0 bridgehead atoms. The van der Waals surface area contributed by atoms with E-state index in [0.717, 1.165) is 37.5 Å². The number of hydrogen-bond acceptors (Lipinski definition) is 2. The topological polar surface area (TPSA) is 46.3 Å². The van der Waals surface area contributed by atoms with E-state index in [1.165, 1.54) is 7.05 Å². The van der Waals surface area contributed by atoms with Gasteiger partial charge >= 0.3 is 6.18 Å². The largest absolute Gasteiger partial charge is 0.415 e. The SMILES string of the molecule is CN(CC1CCCC1)C(=O)C(C)(N)C(F)(F)F. The van der Waals surface area contributed by atoms with E-state index in [9.17, 15) is 18.0 Å². The zero-order valence-electron chi connectivity index (χ0n) is 10.2. The number of amides is 1. The second kappa shape index (κ2) is 4.84. The second-order valence-electron chi connectivity index (χ2n) is 5.04. The van der Waals surface area contributed by atoms with E-state index >= 15 is 0 Å². The van der Waals surface area contributed by atoms with E-state index in [1.807, 2.05) is 0 Å². The van der Waals surface area contributed by atoms with Crippen molar-refractivity contribution in [3.05, 3.63) is 0 Å². The molecule has 0 heterocycles. The lowest BCUT2D eigenvalue weighted by Crippen LogP contribution is -2.61. The first kappa shape index (κ1) is 14.3. The molecule has 0 aliphatic heterocycles. The molecular formula is C11H19F3N2O. The summed E-state index contributed by atoms with van der Waals surface area (Å²) in [7, 11) is 1.39. The molecule has 0 radical (unpaired) electrons. The van der Waals surface area contributed by atoms with Crippen LogP contribution in [0.4, 0.5) is 13.2 Å². The van der Waals surface area contributed by atoms with E-state index in [0.29, 0.717) is 12.5 Å². The first-order chi connectivity index (χ1) is 7.66. The Bertz CT molecular complexity index is 283. The monoisotopic (exact) mass is 252 g/mol. The lowest BCUT2D eigenvalue weighted by molar-refractivity contribution is -0.193. The van der Waals surface area contributed by atoms with Crippen LogP contribution in [0.25, 0.3) is 0 Å². The minimum Gasteiger partial charge on any atom is -0.344 e. The number of carbonyl (C=O) groups excluding carboxylic acids is 1. The van der Waals surface area contributed by atoms with Crippen molar-refractivity contribution >= 4 is 5.91 Å². The quantitative estimate of drug-likeness (QED) is 0.834. The number of likely N-dealkylation sites (N-methyl/N-ethyl adjacent to an activating group) is 1. The predicted octanol–water partition coefficient (Wildman–Crippen LogP) is 1.91. The molecule has 0 spiro atoms. The van der Waals surface area contributed by atoms with Crippen LogP contribution in [-0.4, -0.2) is 36.1 Å². The molecule has 3 nitrogen and oxygen atoms in total. The van der Waals surface area contributed by atoms with Crippen LogP contribution in [0.3, 0.4) is 0 Å². The minimum absolute atomic E-state index is 0.313. The number of nitrogens with two attached hydrogens (primary N) is 1. The Morgan fingerprint density at radius 1 is 1.35 bits per heavy atom. The summed E-state index contributed by atoms with van der Waals surface area (Å²) in [6.45, 7) is 1.09. The normalized spacial score (nSPS) is 21.3. The third-order valence-corrected chi connectivity index (χ3v) is 3.39. The summed E-state index contributed by atoms with van der Waals surface area (Å²) in [5, 5.41) is 0. The van der Waals surface area contributed by atoms with E-state index < -0.39 is 17.6 Å². The molecule has 0 saturated heterocycles. The smallest absolute Gasteiger partial charge is 0.344 e. The highest BCUT2D eigenvalue weighted by Crippen LogP contribution is 2.30. The number of rotatable bonds is 3. The molecule has 17 heavy (non-hydrogen) atoms. The van der Waals surface area contributed by atoms with Gasteiger partial charge in [-0.2, -0.15) is 13.2 Å². The predicted molar refractivity (Wildman–Crippen MR) is 58.2 cm³/mol. The minimum atomic E-state index is -4.71. The van der Waals surface area contributed by atoms with E-state index in [-0.39, 0.29) is 0 Å². The Morgan fingerprint density at radius 3 is 2.24 bits per heavy atom. The van der Waals surface area contributed by atoms with Gasteiger partial charge in [0, 0.05) is 13.6 Å². The van der Waals surface area contributed by atoms with Crippen molar-refractivity contribution in [2.45, 2.75) is 44.3 Å². The number of carbonyl (C=O) groups is 1. The molecule has 1 aliphatic rings. The van der Waals surface area contributed by atoms with Crippen molar-refractivity contribution in [1.82, 2.24) is 4.90 Å². The molecule has 0 aromatic rings. The molecule has 0 aromatic carbocycles. The van der Waals surface area contributed by atoms with Gasteiger partial charge in [0.25, 0.3) is 5.91 Å². The zero-order valence-corrected chi connectivity index (χ0v) is 10.2. The Hall–Kier alpha value is -0.780. The zero-order chi connectivity index (χ0) is 13.3. The molecule has 2 N–H and O–H groups in total. The second-order valence-corrected chi connectivity index (χ2v) is 5.04. The average Bonchev–Trinajstić information content (AvgIpc) is 2.67. The number of alkyl halides is 3. The van der Waals surface area contributed by atoms with Crippen molar-refractivity contribution in [3.8, 4) is 0 Å². The van der Waals surface area contributed by atoms with Crippen molar-refractivity contribution < 1.29 is 18.0 Å². The van der Waals surface area contributed by atoms with Gasteiger partial charge in [-0.15, -0.1) is 0 Å². The highest BCUT2D eigenvalue weighted by Gasteiger charge is 2.55. The molecule has 1 amide bonds. The van der Waals surface area contributed by atoms with Gasteiger partial charge in [0.1, 0.15) is 0 Å². The summed E-state index contributed by atoms with van der Waals surface area (Å²) in [6, 6.07) is 0. The van der Waals surface area contributed by atoms with Gasteiger partial charge < -0.3 is 10.6 Å². The summed E-state index contributed by atoms with van der Waals surface area (Å²) in [4.78, 5) is 12.8. The van der Waals surface area contributed by atoms with Gasteiger partial charge in [-0.25, -0.2) is 0 Å². The average molecular weight is 252 g/mol. The van der Waals surface area contributed by atoms with Crippen molar-refractivity contribution in [2.24, 2.45) is 11.7 Å². The highest BCUT2D eigenvalue weighted by molar-refractivity contribution is 5.86. The Morgan fingerprint density at radius 2 is 1.82 bits per heavy atom. The Kier molecular flexibility index (Phi) is 4.06. The molecule has 6 heteroatoms. The molecule has 1 atom stereocenters. The third-order valence-electron chi connectivity index (χ3n) is 3.39. The van der Waals surface area contributed by atoms with Crippen molar-refractivity contribution in [3.63, 3.8) is 0 Å². The van der Waals surface area contributed by atoms with Crippen LogP contribution in [0.5, 0.6) is 0 Å². The maximum Gasteiger partial charge on any atom is 0.415 e. The molecule has 0 aromatic heterocycles. The van der Waals surface area contributed by atoms with Crippen LogP contribution in [0.2, 0.25) is 0 Å².